The predicted molar refractivity (Wildman–Crippen MR) is 84.8 cm³/mol. The van der Waals surface area contributed by atoms with Gasteiger partial charge < -0.3 is 14.3 Å². The van der Waals surface area contributed by atoms with E-state index in [1.54, 1.807) is 6.92 Å². The Balaban J connectivity index is 2.40. The van der Waals surface area contributed by atoms with E-state index in [0.29, 0.717) is 12.3 Å². The third-order valence-corrected chi connectivity index (χ3v) is 2.80. The molecule has 114 valence electrons. The van der Waals surface area contributed by atoms with Crippen LogP contribution in [0.15, 0.2) is 29.4 Å². The molecular formula is C17H23NO3. The van der Waals surface area contributed by atoms with Crippen molar-refractivity contribution in [1.29, 1.82) is 0 Å². The Morgan fingerprint density at radius 1 is 1.19 bits per heavy atom. The molecule has 0 aliphatic carbocycles. The van der Waals surface area contributed by atoms with Crippen LogP contribution in [-0.2, 0) is 4.84 Å². The van der Waals surface area contributed by atoms with E-state index >= 15 is 0 Å². The highest BCUT2D eigenvalue weighted by Crippen LogP contribution is 2.19. The van der Waals surface area contributed by atoms with Gasteiger partial charge in [-0.2, -0.15) is 0 Å². The first kappa shape index (κ1) is 16.9. The van der Waals surface area contributed by atoms with Crippen molar-refractivity contribution >= 4 is 5.71 Å². The Morgan fingerprint density at radius 2 is 1.81 bits per heavy atom. The Bertz CT molecular complexity index is 488. The van der Waals surface area contributed by atoms with Gasteiger partial charge >= 0.3 is 0 Å². The van der Waals surface area contributed by atoms with Gasteiger partial charge in [0, 0.05) is 0 Å². The Kier molecular flexibility index (Phi) is 7.17. The monoisotopic (exact) mass is 289 g/mol. The van der Waals surface area contributed by atoms with Crippen molar-refractivity contribution in [1.82, 2.24) is 0 Å². The minimum absolute atomic E-state index is 0.177. The minimum Gasteiger partial charge on any atom is -0.491 e. The number of nitrogens with zero attached hydrogens (tertiary/aromatic N) is 1. The fraction of sp³-hybridized carbons (Fsp3) is 0.471. The second-order valence-corrected chi connectivity index (χ2v) is 4.86. The highest BCUT2D eigenvalue weighted by Gasteiger charge is 2.05. The average Bonchev–Trinajstić information content (AvgIpc) is 2.51. The summed E-state index contributed by atoms with van der Waals surface area (Å²) in [4.78, 5) is 5.20. The second-order valence-electron chi connectivity index (χ2n) is 4.86. The summed E-state index contributed by atoms with van der Waals surface area (Å²) in [5.41, 5.74) is 0.508. The van der Waals surface area contributed by atoms with Gasteiger partial charge in [0.1, 0.15) is 23.8 Å². The van der Waals surface area contributed by atoms with Gasteiger partial charge in [-0.15, -0.1) is 6.42 Å². The smallest absolute Gasteiger partial charge is 0.158 e. The lowest BCUT2D eigenvalue weighted by Gasteiger charge is -2.14. The lowest BCUT2D eigenvalue weighted by Crippen LogP contribution is -2.16. The summed E-state index contributed by atoms with van der Waals surface area (Å²) >= 11 is 0. The summed E-state index contributed by atoms with van der Waals surface area (Å²) in [5.74, 6) is 4.00. The largest absolute Gasteiger partial charge is 0.491 e. The molecule has 0 bridgehead atoms. The van der Waals surface area contributed by atoms with Crippen molar-refractivity contribution in [2.45, 2.75) is 46.3 Å². The standard InChI is InChI=1S/C17H23NO3/c1-6-13(3)18-21-15(5)12-19-16-8-10-17(11-9-16)20-14(4)7-2/h1,8-11,14-15H,7,12H2,2-5H3/b18-13+. The van der Waals surface area contributed by atoms with Gasteiger partial charge in [0.05, 0.1) is 6.10 Å². The van der Waals surface area contributed by atoms with Crippen LogP contribution in [-0.4, -0.2) is 24.5 Å². The molecule has 0 N–H and O–H groups in total. The molecule has 0 saturated heterocycles. The third kappa shape index (κ3) is 6.71. The summed E-state index contributed by atoms with van der Waals surface area (Å²) < 4.78 is 11.3. The number of oxime groups is 1. The van der Waals surface area contributed by atoms with E-state index in [4.69, 9.17) is 20.7 Å². The molecule has 0 saturated carbocycles. The molecule has 2 unspecified atom stereocenters. The van der Waals surface area contributed by atoms with Crippen LogP contribution in [0, 0.1) is 12.3 Å². The molecule has 4 heteroatoms. The molecule has 0 fully saturated rings. The van der Waals surface area contributed by atoms with Gasteiger partial charge in [0.2, 0.25) is 0 Å². The van der Waals surface area contributed by atoms with Crippen molar-refractivity contribution in [2.75, 3.05) is 6.61 Å². The van der Waals surface area contributed by atoms with Crippen molar-refractivity contribution in [2.24, 2.45) is 5.16 Å². The second kappa shape index (κ2) is 8.91. The molecule has 1 aromatic rings. The van der Waals surface area contributed by atoms with Crippen LogP contribution in [0.1, 0.15) is 34.1 Å². The number of benzene rings is 1. The lowest BCUT2D eigenvalue weighted by atomic mass is 10.3. The average molecular weight is 289 g/mol. The first-order chi connectivity index (χ1) is 10.0. The van der Waals surface area contributed by atoms with Crippen molar-refractivity contribution in [3.63, 3.8) is 0 Å². The molecule has 0 heterocycles. The van der Waals surface area contributed by atoms with Crippen LogP contribution in [0.3, 0.4) is 0 Å². The van der Waals surface area contributed by atoms with E-state index in [1.807, 2.05) is 38.1 Å². The highest BCUT2D eigenvalue weighted by molar-refractivity contribution is 5.97. The normalized spacial score (nSPS) is 14.0. The molecule has 0 radical (unpaired) electrons. The topological polar surface area (TPSA) is 40.0 Å². The quantitative estimate of drug-likeness (QED) is 0.416. The summed E-state index contributed by atoms with van der Waals surface area (Å²) in [6.07, 6.45) is 6.19. The molecule has 1 rings (SSSR count). The number of terminal acetylenes is 1. The molecule has 21 heavy (non-hydrogen) atoms. The molecule has 1 aromatic carbocycles. The van der Waals surface area contributed by atoms with E-state index in [-0.39, 0.29) is 12.2 Å². The summed E-state index contributed by atoms with van der Waals surface area (Å²) in [5, 5.41) is 3.79. The molecule has 0 amide bonds. The van der Waals surface area contributed by atoms with E-state index in [0.717, 1.165) is 17.9 Å². The van der Waals surface area contributed by atoms with Crippen LogP contribution in [0.2, 0.25) is 0 Å². The molecule has 0 aliphatic heterocycles. The molecule has 0 aliphatic rings. The van der Waals surface area contributed by atoms with E-state index < -0.39 is 0 Å². The van der Waals surface area contributed by atoms with Crippen molar-refractivity contribution in [3.05, 3.63) is 24.3 Å². The van der Waals surface area contributed by atoms with Crippen LogP contribution in [0.25, 0.3) is 0 Å². The fourth-order valence-electron chi connectivity index (χ4n) is 1.37. The molecular weight excluding hydrogens is 266 g/mol. The summed E-state index contributed by atoms with van der Waals surface area (Å²) in [7, 11) is 0. The minimum atomic E-state index is -0.177. The maximum Gasteiger partial charge on any atom is 0.158 e. The highest BCUT2D eigenvalue weighted by atomic mass is 16.6. The molecule has 0 spiro atoms. The predicted octanol–water partition coefficient (Wildman–Crippen LogP) is 3.66. The van der Waals surface area contributed by atoms with Crippen molar-refractivity contribution < 1.29 is 14.3 Å². The van der Waals surface area contributed by atoms with E-state index in [2.05, 4.69) is 18.0 Å². The van der Waals surface area contributed by atoms with E-state index in [1.165, 1.54) is 0 Å². The number of rotatable bonds is 8. The molecule has 2 atom stereocenters. The van der Waals surface area contributed by atoms with Gasteiger partial charge in [-0.1, -0.05) is 18.0 Å². The van der Waals surface area contributed by atoms with Crippen LogP contribution in [0.4, 0.5) is 0 Å². The third-order valence-electron chi connectivity index (χ3n) is 2.80. The summed E-state index contributed by atoms with van der Waals surface area (Å²) in [6, 6.07) is 7.54. The van der Waals surface area contributed by atoms with Gasteiger partial charge in [-0.25, -0.2) is 0 Å². The Labute approximate surface area is 127 Å². The number of hydrogen-bond donors (Lipinski definition) is 0. The Morgan fingerprint density at radius 3 is 2.38 bits per heavy atom. The molecule has 4 nitrogen and oxygen atoms in total. The zero-order chi connectivity index (χ0) is 15.7. The lowest BCUT2D eigenvalue weighted by molar-refractivity contribution is 0.0368. The Hall–Kier alpha value is -2.15. The van der Waals surface area contributed by atoms with Crippen LogP contribution >= 0.6 is 0 Å². The van der Waals surface area contributed by atoms with E-state index in [9.17, 15) is 0 Å². The zero-order valence-corrected chi connectivity index (χ0v) is 13.1. The first-order valence-electron chi connectivity index (χ1n) is 7.11. The fourth-order valence-corrected chi connectivity index (χ4v) is 1.37. The van der Waals surface area contributed by atoms with Crippen LogP contribution < -0.4 is 9.47 Å². The van der Waals surface area contributed by atoms with Gasteiger partial charge in [-0.3, -0.25) is 0 Å². The molecule has 0 aromatic heterocycles. The van der Waals surface area contributed by atoms with Gasteiger partial charge in [0.25, 0.3) is 0 Å². The number of ether oxygens (including phenoxy) is 2. The summed E-state index contributed by atoms with van der Waals surface area (Å²) in [6.45, 7) is 8.11. The maximum atomic E-state index is 5.70. The first-order valence-corrected chi connectivity index (χ1v) is 7.11. The van der Waals surface area contributed by atoms with Crippen molar-refractivity contribution in [3.8, 4) is 23.8 Å². The maximum absolute atomic E-state index is 5.70. The van der Waals surface area contributed by atoms with Crippen LogP contribution in [0.5, 0.6) is 11.5 Å². The van der Waals surface area contributed by atoms with Gasteiger partial charge in [-0.05, 0) is 51.5 Å². The SMILES string of the molecule is C#C/C(C)=N/OC(C)COc1ccc(OC(C)CC)cc1. The number of hydrogen-bond acceptors (Lipinski definition) is 4. The van der Waals surface area contributed by atoms with Gasteiger partial charge in [0.15, 0.2) is 6.10 Å². The zero-order valence-electron chi connectivity index (χ0n) is 13.1.